The second-order valence-corrected chi connectivity index (χ2v) is 5.86. The van der Waals surface area contributed by atoms with Gasteiger partial charge in [0.15, 0.2) is 6.61 Å². The van der Waals surface area contributed by atoms with E-state index in [-0.39, 0.29) is 12.6 Å². The van der Waals surface area contributed by atoms with Gasteiger partial charge in [-0.05, 0) is 31.0 Å². The summed E-state index contributed by atoms with van der Waals surface area (Å²) in [5.74, 6) is 0.723. The summed E-state index contributed by atoms with van der Waals surface area (Å²) in [6, 6.07) is 9.98. The van der Waals surface area contributed by atoms with Gasteiger partial charge in [-0.15, -0.1) is 11.3 Å². The van der Waals surface area contributed by atoms with Gasteiger partial charge in [0.1, 0.15) is 16.8 Å². The number of hydrogen-bond donors (Lipinski definition) is 1. The van der Waals surface area contributed by atoms with E-state index in [1.807, 2.05) is 36.5 Å². The molecular formula is C16H19N3OS. The number of thiazole rings is 1. The van der Waals surface area contributed by atoms with E-state index in [2.05, 4.69) is 24.1 Å². The number of aryl methyl sites for hydroxylation is 1. The number of nitriles is 1. The summed E-state index contributed by atoms with van der Waals surface area (Å²) in [5.41, 5.74) is 1.18. The molecule has 2 aromatic rings. The molecule has 0 saturated heterocycles. The van der Waals surface area contributed by atoms with Gasteiger partial charge in [-0.3, -0.25) is 0 Å². The Morgan fingerprint density at radius 1 is 1.38 bits per heavy atom. The van der Waals surface area contributed by atoms with Gasteiger partial charge in [-0.2, -0.15) is 5.26 Å². The summed E-state index contributed by atoms with van der Waals surface area (Å²) in [5, 5.41) is 13.1. The fraction of sp³-hybridized carbons (Fsp3) is 0.375. The third kappa shape index (κ3) is 4.55. The second-order valence-electron chi connectivity index (χ2n) is 4.71. The van der Waals surface area contributed by atoms with Crippen molar-refractivity contribution in [2.24, 2.45) is 0 Å². The minimum atomic E-state index is 0.0818. The first-order chi connectivity index (χ1) is 10.2. The Morgan fingerprint density at radius 3 is 2.76 bits per heavy atom. The molecule has 0 amide bonds. The van der Waals surface area contributed by atoms with Gasteiger partial charge in [0.05, 0.1) is 6.04 Å². The summed E-state index contributed by atoms with van der Waals surface area (Å²) in [6.45, 7) is 5.13. The lowest BCUT2D eigenvalue weighted by atomic mass is 10.2. The molecule has 4 nitrogen and oxygen atoms in total. The van der Waals surface area contributed by atoms with Crippen LogP contribution in [-0.4, -0.2) is 11.6 Å². The van der Waals surface area contributed by atoms with Gasteiger partial charge >= 0.3 is 0 Å². The first-order valence-electron chi connectivity index (χ1n) is 6.99. The van der Waals surface area contributed by atoms with Crippen LogP contribution in [0, 0.1) is 11.3 Å². The lowest BCUT2D eigenvalue weighted by Gasteiger charge is -2.11. The van der Waals surface area contributed by atoms with Crippen LogP contribution in [-0.2, 0) is 13.0 Å². The topological polar surface area (TPSA) is 57.9 Å². The van der Waals surface area contributed by atoms with E-state index in [1.165, 1.54) is 10.4 Å². The Balaban J connectivity index is 1.86. The smallest absolute Gasteiger partial charge is 0.174 e. The van der Waals surface area contributed by atoms with Crippen LogP contribution in [0.3, 0.4) is 0 Å². The monoisotopic (exact) mass is 301 g/mol. The summed E-state index contributed by atoms with van der Waals surface area (Å²) in [7, 11) is 0. The largest absolute Gasteiger partial charge is 0.479 e. The second kappa shape index (κ2) is 7.77. The van der Waals surface area contributed by atoms with Crippen molar-refractivity contribution < 1.29 is 4.74 Å². The van der Waals surface area contributed by atoms with Crippen LogP contribution in [0.5, 0.6) is 5.75 Å². The number of nitrogens with zero attached hydrogens (tertiary/aromatic N) is 2. The van der Waals surface area contributed by atoms with Crippen molar-refractivity contribution in [2.45, 2.75) is 32.9 Å². The maximum Gasteiger partial charge on any atom is 0.174 e. The van der Waals surface area contributed by atoms with Gasteiger partial charge < -0.3 is 10.1 Å². The molecule has 0 aliphatic heterocycles. The van der Waals surface area contributed by atoms with Crippen molar-refractivity contribution in [1.29, 1.82) is 5.26 Å². The molecule has 0 spiro atoms. The third-order valence-electron chi connectivity index (χ3n) is 3.13. The fourth-order valence-electron chi connectivity index (χ4n) is 1.86. The standard InChI is InChI=1S/C16H19N3OS/c1-3-15-11-19-16(21-15)12(2)18-10-13-4-6-14(7-5-13)20-9-8-17/h4-7,11-12,18H,3,9-10H2,1-2H3. The summed E-state index contributed by atoms with van der Waals surface area (Å²) < 4.78 is 5.23. The van der Waals surface area contributed by atoms with E-state index >= 15 is 0 Å². The number of hydrogen-bond acceptors (Lipinski definition) is 5. The molecule has 5 heteroatoms. The molecule has 21 heavy (non-hydrogen) atoms. The van der Waals surface area contributed by atoms with E-state index in [9.17, 15) is 0 Å². The lowest BCUT2D eigenvalue weighted by molar-refractivity contribution is 0.368. The zero-order valence-corrected chi connectivity index (χ0v) is 13.1. The van der Waals surface area contributed by atoms with Gasteiger partial charge in [0, 0.05) is 17.6 Å². The Labute approximate surface area is 129 Å². The number of benzene rings is 1. The van der Waals surface area contributed by atoms with E-state index < -0.39 is 0 Å². The molecule has 0 fully saturated rings. The Kier molecular flexibility index (Phi) is 5.73. The van der Waals surface area contributed by atoms with Crippen molar-refractivity contribution >= 4 is 11.3 Å². The quantitative estimate of drug-likeness (QED) is 0.851. The number of rotatable bonds is 7. The highest BCUT2D eigenvalue weighted by molar-refractivity contribution is 7.11. The molecule has 1 unspecified atom stereocenters. The molecule has 0 bridgehead atoms. The highest BCUT2D eigenvalue weighted by Gasteiger charge is 2.09. The minimum Gasteiger partial charge on any atom is -0.479 e. The summed E-state index contributed by atoms with van der Waals surface area (Å²) in [6.07, 6.45) is 2.99. The highest BCUT2D eigenvalue weighted by atomic mass is 32.1. The van der Waals surface area contributed by atoms with Gasteiger partial charge in [0.2, 0.25) is 0 Å². The van der Waals surface area contributed by atoms with Crippen LogP contribution >= 0.6 is 11.3 Å². The van der Waals surface area contributed by atoms with Crippen LogP contribution in [0.1, 0.15) is 35.3 Å². The molecule has 2 rings (SSSR count). The van der Waals surface area contributed by atoms with Gasteiger partial charge in [-0.1, -0.05) is 19.1 Å². The van der Waals surface area contributed by atoms with E-state index in [0.29, 0.717) is 0 Å². The van der Waals surface area contributed by atoms with E-state index in [0.717, 1.165) is 23.7 Å². The summed E-state index contributed by atoms with van der Waals surface area (Å²) in [4.78, 5) is 5.77. The van der Waals surface area contributed by atoms with Crippen LogP contribution in [0.15, 0.2) is 30.5 Å². The van der Waals surface area contributed by atoms with Crippen molar-refractivity contribution in [3.05, 3.63) is 45.9 Å². The molecule has 1 aromatic heterocycles. The first-order valence-corrected chi connectivity index (χ1v) is 7.81. The maximum absolute atomic E-state index is 8.47. The normalized spacial score (nSPS) is 11.9. The van der Waals surface area contributed by atoms with E-state index in [4.69, 9.17) is 10.00 Å². The van der Waals surface area contributed by atoms with Crippen LogP contribution < -0.4 is 10.1 Å². The molecule has 0 saturated carbocycles. The minimum absolute atomic E-state index is 0.0818. The number of nitrogens with one attached hydrogen (secondary N) is 1. The Morgan fingerprint density at radius 2 is 2.14 bits per heavy atom. The van der Waals surface area contributed by atoms with Crippen molar-refractivity contribution in [1.82, 2.24) is 10.3 Å². The molecule has 0 radical (unpaired) electrons. The Hall–Kier alpha value is -1.90. The maximum atomic E-state index is 8.47. The average molecular weight is 301 g/mol. The molecular weight excluding hydrogens is 282 g/mol. The van der Waals surface area contributed by atoms with Crippen LogP contribution in [0.2, 0.25) is 0 Å². The molecule has 1 N–H and O–H groups in total. The lowest BCUT2D eigenvalue weighted by Crippen LogP contribution is -2.17. The molecule has 1 heterocycles. The fourth-order valence-corrected chi connectivity index (χ4v) is 2.75. The predicted molar refractivity (Wildman–Crippen MR) is 84.3 cm³/mol. The zero-order valence-electron chi connectivity index (χ0n) is 12.3. The van der Waals surface area contributed by atoms with Crippen molar-refractivity contribution in [2.75, 3.05) is 6.61 Å². The van der Waals surface area contributed by atoms with Crippen LogP contribution in [0.25, 0.3) is 0 Å². The third-order valence-corrected chi connectivity index (χ3v) is 4.45. The molecule has 0 aliphatic rings. The Bertz CT molecular complexity index is 601. The SMILES string of the molecule is CCc1cnc(C(C)NCc2ccc(OCC#N)cc2)s1. The average Bonchev–Trinajstić information content (AvgIpc) is 3.00. The molecule has 110 valence electrons. The predicted octanol–water partition coefficient (Wildman–Crippen LogP) is 3.46. The zero-order chi connectivity index (χ0) is 15.1. The molecule has 1 aromatic carbocycles. The molecule has 0 aliphatic carbocycles. The van der Waals surface area contributed by atoms with Crippen molar-refractivity contribution in [3.63, 3.8) is 0 Å². The molecule has 1 atom stereocenters. The highest BCUT2D eigenvalue weighted by Crippen LogP contribution is 2.21. The summed E-state index contributed by atoms with van der Waals surface area (Å²) >= 11 is 1.76. The first kappa shape index (κ1) is 15.5. The van der Waals surface area contributed by atoms with E-state index in [1.54, 1.807) is 11.3 Å². The van der Waals surface area contributed by atoms with Gasteiger partial charge in [-0.25, -0.2) is 4.98 Å². The number of aromatic nitrogens is 1. The number of ether oxygens (including phenoxy) is 1. The van der Waals surface area contributed by atoms with Crippen LogP contribution in [0.4, 0.5) is 0 Å². The van der Waals surface area contributed by atoms with Crippen molar-refractivity contribution in [3.8, 4) is 11.8 Å². The van der Waals surface area contributed by atoms with Gasteiger partial charge in [0.25, 0.3) is 0 Å².